The van der Waals surface area contributed by atoms with Crippen molar-refractivity contribution in [1.29, 1.82) is 0 Å². The van der Waals surface area contributed by atoms with Crippen LogP contribution < -0.4 is 4.72 Å². The van der Waals surface area contributed by atoms with E-state index >= 15 is 0 Å². The van der Waals surface area contributed by atoms with E-state index in [1.165, 1.54) is 18.2 Å². The molecule has 6 heteroatoms. The largest absolute Gasteiger partial charge is 0.339 e. The third-order valence-electron chi connectivity index (χ3n) is 4.04. The lowest BCUT2D eigenvalue weighted by molar-refractivity contribution is 0.0727. The molecule has 1 saturated carbocycles. The quantitative estimate of drug-likeness (QED) is 0.781. The van der Waals surface area contributed by atoms with Gasteiger partial charge in [-0.2, -0.15) is 0 Å². The summed E-state index contributed by atoms with van der Waals surface area (Å²) < 4.78 is 26.6. The Morgan fingerprint density at radius 3 is 2.77 bits per heavy atom. The molecule has 1 fully saturated rings. The minimum absolute atomic E-state index is 0.0904. The van der Waals surface area contributed by atoms with Gasteiger partial charge in [-0.05, 0) is 43.9 Å². The molecule has 1 aromatic rings. The SMILES string of the molecule is C=CCNS(=O)(=O)c1cccc(C(=O)N(C)C(C)C2CC2)c1. The monoisotopic (exact) mass is 322 g/mol. The smallest absolute Gasteiger partial charge is 0.253 e. The predicted octanol–water partition coefficient (Wildman–Crippen LogP) is 2.02. The first-order valence-electron chi connectivity index (χ1n) is 7.34. The van der Waals surface area contributed by atoms with Gasteiger partial charge in [-0.1, -0.05) is 12.1 Å². The lowest BCUT2D eigenvalue weighted by Gasteiger charge is -2.25. The average Bonchev–Trinajstić information content (AvgIpc) is 3.35. The molecule has 1 N–H and O–H groups in total. The van der Waals surface area contributed by atoms with Gasteiger partial charge in [0.05, 0.1) is 4.90 Å². The summed E-state index contributed by atoms with van der Waals surface area (Å²) in [6.45, 7) is 5.66. The van der Waals surface area contributed by atoms with Crippen LogP contribution in [0.25, 0.3) is 0 Å². The molecule has 5 nitrogen and oxygen atoms in total. The van der Waals surface area contributed by atoms with E-state index in [-0.39, 0.29) is 23.4 Å². The van der Waals surface area contributed by atoms with Crippen LogP contribution >= 0.6 is 0 Å². The van der Waals surface area contributed by atoms with Gasteiger partial charge in [-0.15, -0.1) is 6.58 Å². The Hall–Kier alpha value is -1.66. The Labute approximate surface area is 132 Å². The van der Waals surface area contributed by atoms with Gasteiger partial charge in [0.2, 0.25) is 10.0 Å². The van der Waals surface area contributed by atoms with Crippen LogP contribution in [-0.2, 0) is 10.0 Å². The van der Waals surface area contributed by atoms with E-state index in [2.05, 4.69) is 11.3 Å². The van der Waals surface area contributed by atoms with Crippen LogP contribution in [0.2, 0.25) is 0 Å². The first-order valence-corrected chi connectivity index (χ1v) is 8.83. The Morgan fingerprint density at radius 1 is 1.50 bits per heavy atom. The van der Waals surface area contributed by atoms with Crippen molar-refractivity contribution in [3.05, 3.63) is 42.5 Å². The second-order valence-electron chi connectivity index (χ2n) is 5.66. The van der Waals surface area contributed by atoms with Gasteiger partial charge in [-0.3, -0.25) is 4.79 Å². The first kappa shape index (κ1) is 16.7. The second kappa shape index (κ2) is 6.62. The highest BCUT2D eigenvalue weighted by Crippen LogP contribution is 2.35. The van der Waals surface area contributed by atoms with Crippen LogP contribution in [-0.4, -0.2) is 38.9 Å². The highest BCUT2D eigenvalue weighted by atomic mass is 32.2. The summed E-state index contributed by atoms with van der Waals surface area (Å²) in [5.41, 5.74) is 0.386. The average molecular weight is 322 g/mol. The van der Waals surface area contributed by atoms with Crippen molar-refractivity contribution in [2.24, 2.45) is 5.92 Å². The molecule has 1 unspecified atom stereocenters. The van der Waals surface area contributed by atoms with Crippen molar-refractivity contribution >= 4 is 15.9 Å². The van der Waals surface area contributed by atoms with Gasteiger partial charge in [-0.25, -0.2) is 13.1 Å². The van der Waals surface area contributed by atoms with E-state index in [1.54, 1.807) is 24.1 Å². The molecule has 1 aromatic carbocycles. The van der Waals surface area contributed by atoms with Crippen molar-refractivity contribution in [1.82, 2.24) is 9.62 Å². The predicted molar refractivity (Wildman–Crippen MR) is 86.1 cm³/mol. The second-order valence-corrected chi connectivity index (χ2v) is 7.43. The molecule has 0 spiro atoms. The molecular weight excluding hydrogens is 300 g/mol. The number of rotatable bonds is 7. The summed E-state index contributed by atoms with van der Waals surface area (Å²) in [4.78, 5) is 14.3. The van der Waals surface area contributed by atoms with Gasteiger partial charge in [0.15, 0.2) is 0 Å². The number of benzene rings is 1. The van der Waals surface area contributed by atoms with Crippen molar-refractivity contribution in [3.8, 4) is 0 Å². The Morgan fingerprint density at radius 2 is 2.18 bits per heavy atom. The zero-order valence-corrected chi connectivity index (χ0v) is 13.8. The number of carbonyl (C=O) groups excluding carboxylic acids is 1. The number of amides is 1. The van der Waals surface area contributed by atoms with E-state index in [1.807, 2.05) is 6.92 Å². The van der Waals surface area contributed by atoms with Crippen LogP contribution in [0.1, 0.15) is 30.1 Å². The normalized spacial score (nSPS) is 16.1. The molecule has 0 bridgehead atoms. The van der Waals surface area contributed by atoms with Crippen molar-refractivity contribution < 1.29 is 13.2 Å². The molecule has 2 rings (SSSR count). The lowest BCUT2D eigenvalue weighted by Crippen LogP contribution is -2.36. The van der Waals surface area contributed by atoms with Crippen molar-refractivity contribution in [2.45, 2.75) is 30.7 Å². The molecule has 120 valence electrons. The topological polar surface area (TPSA) is 66.5 Å². The fourth-order valence-corrected chi connectivity index (χ4v) is 3.38. The molecule has 0 aromatic heterocycles. The maximum atomic E-state index is 12.5. The summed E-state index contributed by atoms with van der Waals surface area (Å²) in [5, 5.41) is 0. The van der Waals surface area contributed by atoms with Crippen LogP contribution in [0.3, 0.4) is 0 Å². The van der Waals surface area contributed by atoms with E-state index < -0.39 is 10.0 Å². The van der Waals surface area contributed by atoms with Crippen LogP contribution in [0.5, 0.6) is 0 Å². The van der Waals surface area contributed by atoms with Gasteiger partial charge >= 0.3 is 0 Å². The van der Waals surface area contributed by atoms with E-state index in [4.69, 9.17) is 0 Å². The summed E-state index contributed by atoms with van der Waals surface area (Å²) in [5.74, 6) is 0.412. The molecule has 0 aliphatic heterocycles. The Bertz CT molecular complexity index is 666. The van der Waals surface area contributed by atoms with E-state index in [0.717, 1.165) is 12.8 Å². The molecular formula is C16H22N2O3S. The van der Waals surface area contributed by atoms with Gasteiger partial charge in [0.25, 0.3) is 5.91 Å². The Balaban J connectivity index is 2.20. The zero-order valence-electron chi connectivity index (χ0n) is 13.0. The number of nitrogens with one attached hydrogen (secondary N) is 1. The van der Waals surface area contributed by atoms with E-state index in [9.17, 15) is 13.2 Å². The van der Waals surface area contributed by atoms with Crippen LogP contribution in [0, 0.1) is 5.92 Å². The summed E-state index contributed by atoms with van der Waals surface area (Å²) >= 11 is 0. The summed E-state index contributed by atoms with van der Waals surface area (Å²) in [6, 6.07) is 6.30. The molecule has 1 amide bonds. The molecule has 1 aliphatic carbocycles. The molecule has 0 radical (unpaired) electrons. The molecule has 22 heavy (non-hydrogen) atoms. The minimum Gasteiger partial charge on any atom is -0.339 e. The fraction of sp³-hybridized carbons (Fsp3) is 0.438. The Kier molecular flexibility index (Phi) is 5.03. The molecule has 0 heterocycles. The standard InChI is InChI=1S/C16H22N2O3S/c1-4-10-17-22(20,21)15-7-5-6-14(11-15)16(19)18(3)12(2)13-8-9-13/h4-7,11-13,17H,1,8-10H2,2-3H3. The lowest BCUT2D eigenvalue weighted by atomic mass is 10.1. The third kappa shape index (κ3) is 3.75. The summed E-state index contributed by atoms with van der Waals surface area (Å²) in [7, 11) is -1.85. The van der Waals surface area contributed by atoms with Gasteiger partial charge < -0.3 is 4.90 Å². The number of hydrogen-bond acceptors (Lipinski definition) is 3. The zero-order chi connectivity index (χ0) is 16.3. The number of carbonyl (C=O) groups is 1. The van der Waals surface area contributed by atoms with Crippen LogP contribution in [0.4, 0.5) is 0 Å². The number of nitrogens with zero attached hydrogens (tertiary/aromatic N) is 1. The first-order chi connectivity index (χ1) is 10.4. The fourth-order valence-electron chi connectivity index (χ4n) is 2.33. The maximum absolute atomic E-state index is 12.5. The van der Waals surface area contributed by atoms with Crippen molar-refractivity contribution in [3.63, 3.8) is 0 Å². The molecule has 1 atom stereocenters. The number of sulfonamides is 1. The number of hydrogen-bond donors (Lipinski definition) is 1. The highest BCUT2D eigenvalue weighted by Gasteiger charge is 2.32. The van der Waals surface area contributed by atoms with Gasteiger partial charge in [0.1, 0.15) is 0 Å². The third-order valence-corrected chi connectivity index (χ3v) is 5.47. The van der Waals surface area contributed by atoms with Gasteiger partial charge in [0, 0.05) is 25.2 Å². The molecule has 1 aliphatic rings. The van der Waals surface area contributed by atoms with E-state index in [0.29, 0.717) is 11.5 Å². The maximum Gasteiger partial charge on any atom is 0.253 e. The molecule has 0 saturated heterocycles. The minimum atomic E-state index is -3.62. The van der Waals surface area contributed by atoms with Crippen LogP contribution in [0.15, 0.2) is 41.8 Å². The van der Waals surface area contributed by atoms with Crippen molar-refractivity contribution in [2.75, 3.05) is 13.6 Å². The summed E-state index contributed by atoms with van der Waals surface area (Å²) in [6.07, 6.45) is 3.77. The highest BCUT2D eigenvalue weighted by molar-refractivity contribution is 7.89.